The van der Waals surface area contributed by atoms with Crippen molar-refractivity contribution in [1.29, 1.82) is 0 Å². The van der Waals surface area contributed by atoms with Crippen molar-refractivity contribution in [1.82, 2.24) is 19.5 Å². The van der Waals surface area contributed by atoms with Crippen molar-refractivity contribution >= 4 is 44.5 Å². The first-order valence-electron chi connectivity index (χ1n) is 10.6. The van der Waals surface area contributed by atoms with Crippen molar-refractivity contribution in [3.63, 3.8) is 0 Å². The third-order valence-electron chi connectivity index (χ3n) is 5.28. The lowest BCUT2D eigenvalue weighted by Crippen LogP contribution is -2.30. The van der Waals surface area contributed by atoms with Crippen molar-refractivity contribution in [2.45, 2.75) is 51.1 Å². The summed E-state index contributed by atoms with van der Waals surface area (Å²) >= 11 is 6.38. The van der Waals surface area contributed by atoms with Gasteiger partial charge in [0.2, 0.25) is 10.0 Å². The molecule has 32 heavy (non-hydrogen) atoms. The third-order valence-corrected chi connectivity index (χ3v) is 7.30. The second-order valence-electron chi connectivity index (χ2n) is 8.40. The monoisotopic (exact) mass is 474 g/mol. The van der Waals surface area contributed by atoms with E-state index < -0.39 is 10.0 Å². The summed E-state index contributed by atoms with van der Waals surface area (Å²) in [6, 6.07) is 8.25. The van der Waals surface area contributed by atoms with E-state index in [0.717, 1.165) is 30.8 Å². The fourth-order valence-corrected chi connectivity index (χ4v) is 5.33. The minimum absolute atomic E-state index is 0.149. The van der Waals surface area contributed by atoms with Crippen LogP contribution in [0.4, 0.5) is 22.9 Å². The van der Waals surface area contributed by atoms with E-state index in [1.54, 1.807) is 44.2 Å². The second-order valence-corrected chi connectivity index (χ2v) is 10.5. The Morgan fingerprint density at radius 1 is 1.12 bits per heavy atom. The zero-order valence-electron chi connectivity index (χ0n) is 18.3. The number of rotatable bonds is 7. The molecule has 0 spiro atoms. The smallest absolute Gasteiger partial charge is 0.242 e. The highest BCUT2D eigenvalue weighted by atomic mass is 35.5. The zero-order chi connectivity index (χ0) is 22.9. The number of hydrogen-bond acceptors (Lipinski definition) is 6. The molecule has 0 bridgehead atoms. The number of anilines is 4. The van der Waals surface area contributed by atoms with E-state index in [4.69, 9.17) is 11.6 Å². The van der Waals surface area contributed by atoms with Gasteiger partial charge in [-0.3, -0.25) is 4.68 Å². The van der Waals surface area contributed by atoms with Crippen molar-refractivity contribution in [3.8, 4) is 0 Å². The van der Waals surface area contributed by atoms with Crippen LogP contribution in [0.5, 0.6) is 0 Å². The molecule has 1 aromatic carbocycles. The summed E-state index contributed by atoms with van der Waals surface area (Å²) in [4.78, 5) is 4.53. The van der Waals surface area contributed by atoms with Crippen molar-refractivity contribution in [2.75, 3.05) is 10.6 Å². The number of halogens is 1. The highest BCUT2D eigenvalue weighted by Gasteiger charge is 2.21. The summed E-state index contributed by atoms with van der Waals surface area (Å²) in [6.45, 7) is 6.71. The van der Waals surface area contributed by atoms with Gasteiger partial charge >= 0.3 is 0 Å². The summed E-state index contributed by atoms with van der Waals surface area (Å²) in [5.41, 5.74) is 3.05. The first-order valence-corrected chi connectivity index (χ1v) is 12.4. The fraction of sp³-hybridized carbons (Fsp3) is 0.364. The standard InChI is InChI=1S/C22H27ClN6O2S/c1-14(2)28-32(30,31)21-7-5-4-6-17(21)26-18-11-22(24-12-16(18)23)27-19-13-25-29-9-8-15(3)10-20(19)29/h4-7,11-15,28H,8-10H2,1-3H3,(H2,24,26,27). The van der Waals surface area contributed by atoms with Gasteiger partial charge in [-0.05, 0) is 44.7 Å². The summed E-state index contributed by atoms with van der Waals surface area (Å²) in [5.74, 6) is 1.19. The SMILES string of the molecule is CC1CCn2ncc(Nc3cc(Nc4ccccc4S(=O)(=O)NC(C)C)c(Cl)cn3)c2C1. The molecular weight excluding hydrogens is 448 g/mol. The molecule has 0 amide bonds. The van der Waals surface area contributed by atoms with Crippen LogP contribution in [-0.4, -0.2) is 29.2 Å². The molecule has 1 atom stereocenters. The Morgan fingerprint density at radius 3 is 2.69 bits per heavy atom. The second kappa shape index (κ2) is 9.09. The Kier molecular flexibility index (Phi) is 6.41. The molecule has 0 saturated heterocycles. The number of nitrogens with one attached hydrogen (secondary N) is 3. The van der Waals surface area contributed by atoms with Gasteiger partial charge < -0.3 is 10.6 Å². The van der Waals surface area contributed by atoms with E-state index in [2.05, 4.69) is 32.4 Å². The Labute approximate surface area is 193 Å². The highest BCUT2D eigenvalue weighted by Crippen LogP contribution is 2.32. The van der Waals surface area contributed by atoms with Gasteiger partial charge in [-0.1, -0.05) is 30.7 Å². The van der Waals surface area contributed by atoms with Crippen LogP contribution in [0.15, 0.2) is 47.6 Å². The number of para-hydroxylation sites is 1. The number of nitrogens with zero attached hydrogens (tertiary/aromatic N) is 3. The topological polar surface area (TPSA) is 101 Å². The lowest BCUT2D eigenvalue weighted by Gasteiger charge is -2.21. The molecule has 3 N–H and O–H groups in total. The maximum atomic E-state index is 12.8. The minimum Gasteiger partial charge on any atom is -0.353 e. The lowest BCUT2D eigenvalue weighted by atomic mass is 9.98. The lowest BCUT2D eigenvalue weighted by molar-refractivity contribution is 0.392. The van der Waals surface area contributed by atoms with Crippen LogP contribution in [-0.2, 0) is 23.0 Å². The molecule has 4 rings (SSSR count). The first-order chi connectivity index (χ1) is 15.2. The summed E-state index contributed by atoms with van der Waals surface area (Å²) in [5, 5.41) is 11.3. The van der Waals surface area contributed by atoms with E-state index in [-0.39, 0.29) is 10.9 Å². The van der Waals surface area contributed by atoms with Crippen molar-refractivity contribution in [3.05, 3.63) is 53.4 Å². The Morgan fingerprint density at radius 2 is 1.91 bits per heavy atom. The van der Waals surface area contributed by atoms with Crippen molar-refractivity contribution in [2.24, 2.45) is 5.92 Å². The third kappa shape index (κ3) is 4.90. The Balaban J connectivity index is 1.61. The number of pyridine rings is 1. The fourth-order valence-electron chi connectivity index (χ4n) is 3.76. The molecule has 1 aliphatic heterocycles. The molecule has 3 heterocycles. The molecule has 3 aromatic rings. The van der Waals surface area contributed by atoms with Crippen LogP contribution in [0.25, 0.3) is 0 Å². The van der Waals surface area contributed by atoms with Gasteiger partial charge in [-0.15, -0.1) is 0 Å². The van der Waals surface area contributed by atoms with Crippen LogP contribution in [0, 0.1) is 5.92 Å². The number of hydrogen-bond donors (Lipinski definition) is 3. The molecule has 170 valence electrons. The van der Waals surface area contributed by atoms with E-state index in [1.165, 1.54) is 6.20 Å². The maximum Gasteiger partial charge on any atom is 0.242 e. The molecule has 0 fully saturated rings. The molecule has 0 aliphatic carbocycles. The number of sulfonamides is 1. The number of benzene rings is 1. The van der Waals surface area contributed by atoms with Crippen LogP contribution in [0.1, 0.15) is 32.9 Å². The van der Waals surface area contributed by atoms with Gasteiger partial charge in [-0.25, -0.2) is 18.1 Å². The summed E-state index contributed by atoms with van der Waals surface area (Å²) in [7, 11) is -3.69. The normalized spacial score (nSPS) is 16.1. The average molecular weight is 475 g/mol. The maximum absolute atomic E-state index is 12.8. The molecule has 1 aliphatic rings. The van der Waals surface area contributed by atoms with Crippen LogP contribution >= 0.6 is 11.6 Å². The molecule has 0 radical (unpaired) electrons. The van der Waals surface area contributed by atoms with Gasteiger partial charge in [0.1, 0.15) is 10.7 Å². The molecule has 8 nitrogen and oxygen atoms in total. The quantitative estimate of drug-likeness (QED) is 0.459. The van der Waals surface area contributed by atoms with E-state index in [1.807, 2.05) is 10.9 Å². The summed E-state index contributed by atoms with van der Waals surface area (Å²) < 4.78 is 30.2. The number of aromatic nitrogens is 3. The van der Waals surface area contributed by atoms with E-state index in [9.17, 15) is 8.42 Å². The average Bonchev–Trinajstić information content (AvgIpc) is 3.11. The first kappa shape index (κ1) is 22.6. The number of aryl methyl sites for hydroxylation is 1. The largest absolute Gasteiger partial charge is 0.353 e. The van der Waals surface area contributed by atoms with Gasteiger partial charge in [0.05, 0.1) is 40.2 Å². The van der Waals surface area contributed by atoms with Crippen LogP contribution < -0.4 is 15.4 Å². The van der Waals surface area contributed by atoms with Crippen LogP contribution in [0.2, 0.25) is 5.02 Å². The highest BCUT2D eigenvalue weighted by molar-refractivity contribution is 7.89. The van der Waals surface area contributed by atoms with Gasteiger partial charge in [0, 0.05) is 18.7 Å². The Hall–Kier alpha value is -2.62. The predicted octanol–water partition coefficient (Wildman–Crippen LogP) is 4.69. The Bertz CT molecular complexity index is 1220. The molecule has 1 unspecified atom stereocenters. The minimum atomic E-state index is -3.69. The molecular formula is C22H27ClN6O2S. The van der Waals surface area contributed by atoms with E-state index >= 15 is 0 Å². The van der Waals surface area contributed by atoms with Gasteiger partial charge in [0.25, 0.3) is 0 Å². The molecule has 10 heteroatoms. The predicted molar refractivity (Wildman–Crippen MR) is 127 cm³/mol. The zero-order valence-corrected chi connectivity index (χ0v) is 19.8. The van der Waals surface area contributed by atoms with Gasteiger partial charge in [0.15, 0.2) is 0 Å². The van der Waals surface area contributed by atoms with Crippen molar-refractivity contribution < 1.29 is 8.42 Å². The number of fused-ring (bicyclic) bond motifs is 1. The molecule has 0 saturated carbocycles. The summed E-state index contributed by atoms with van der Waals surface area (Å²) in [6.07, 6.45) is 5.43. The van der Waals surface area contributed by atoms with Gasteiger partial charge in [-0.2, -0.15) is 5.10 Å². The van der Waals surface area contributed by atoms with E-state index in [0.29, 0.717) is 28.1 Å². The molecule has 2 aromatic heterocycles. The van der Waals surface area contributed by atoms with Crippen LogP contribution in [0.3, 0.4) is 0 Å².